The van der Waals surface area contributed by atoms with Crippen molar-refractivity contribution in [3.8, 4) is 5.75 Å². The molecule has 9 heteroatoms. The topological polar surface area (TPSA) is 80.8 Å². The SMILES string of the molecule is COc1ccnc(N2CC[C@H](NS(C)(=O)=O)[C@@H]2CO[C@H]2CC[C@@H](c3ccccc3)CC2)c1F. The van der Waals surface area contributed by atoms with Crippen molar-refractivity contribution in [2.24, 2.45) is 0 Å². The van der Waals surface area contributed by atoms with Gasteiger partial charge in [-0.1, -0.05) is 30.3 Å². The van der Waals surface area contributed by atoms with Crippen LogP contribution in [-0.2, 0) is 14.8 Å². The zero-order chi connectivity index (χ0) is 23.4. The first-order valence-electron chi connectivity index (χ1n) is 11.4. The second-order valence-corrected chi connectivity index (χ2v) is 10.7. The third-order valence-corrected chi connectivity index (χ3v) is 7.42. The summed E-state index contributed by atoms with van der Waals surface area (Å²) in [5.74, 6) is 0.268. The summed E-state index contributed by atoms with van der Waals surface area (Å²) in [5.41, 5.74) is 1.37. The Morgan fingerprint density at radius 3 is 2.52 bits per heavy atom. The molecular weight excluding hydrogens is 445 g/mol. The third kappa shape index (κ3) is 5.83. The first kappa shape index (κ1) is 23.9. The van der Waals surface area contributed by atoms with Gasteiger partial charge in [0.15, 0.2) is 11.6 Å². The molecule has 0 radical (unpaired) electrons. The van der Waals surface area contributed by atoms with Crippen molar-refractivity contribution in [1.82, 2.24) is 9.71 Å². The van der Waals surface area contributed by atoms with E-state index in [2.05, 4.69) is 34.0 Å². The predicted molar refractivity (Wildman–Crippen MR) is 126 cm³/mol. The number of rotatable bonds is 8. The average molecular weight is 478 g/mol. The van der Waals surface area contributed by atoms with Gasteiger partial charge in [-0.3, -0.25) is 0 Å². The Kier molecular flexibility index (Phi) is 7.51. The lowest BCUT2D eigenvalue weighted by atomic mass is 9.83. The summed E-state index contributed by atoms with van der Waals surface area (Å²) in [6.07, 6.45) is 7.29. The van der Waals surface area contributed by atoms with E-state index in [0.29, 0.717) is 25.5 Å². The van der Waals surface area contributed by atoms with E-state index in [0.717, 1.165) is 31.9 Å². The van der Waals surface area contributed by atoms with E-state index in [1.807, 2.05) is 6.07 Å². The van der Waals surface area contributed by atoms with Crippen molar-refractivity contribution < 1.29 is 22.3 Å². The molecule has 2 heterocycles. The number of halogens is 1. The molecule has 1 aromatic heterocycles. The Morgan fingerprint density at radius 2 is 1.85 bits per heavy atom. The minimum atomic E-state index is -3.42. The fourth-order valence-electron chi connectivity index (χ4n) is 5.03. The number of sulfonamides is 1. The number of hydrogen-bond acceptors (Lipinski definition) is 6. The van der Waals surface area contributed by atoms with Crippen LogP contribution in [0.15, 0.2) is 42.6 Å². The molecule has 1 saturated carbocycles. The molecule has 180 valence electrons. The van der Waals surface area contributed by atoms with Crippen molar-refractivity contribution in [2.75, 3.05) is 31.4 Å². The minimum absolute atomic E-state index is 0.106. The van der Waals surface area contributed by atoms with Gasteiger partial charge >= 0.3 is 0 Å². The summed E-state index contributed by atoms with van der Waals surface area (Å²) in [4.78, 5) is 6.03. The van der Waals surface area contributed by atoms with Crippen LogP contribution in [0.25, 0.3) is 0 Å². The highest BCUT2D eigenvalue weighted by atomic mass is 32.2. The molecule has 0 amide bonds. The Balaban J connectivity index is 1.44. The molecule has 1 aromatic carbocycles. The molecule has 0 bridgehead atoms. The minimum Gasteiger partial charge on any atom is -0.493 e. The quantitative estimate of drug-likeness (QED) is 0.627. The summed E-state index contributed by atoms with van der Waals surface area (Å²) in [7, 11) is -2.01. The lowest BCUT2D eigenvalue weighted by molar-refractivity contribution is 0.0155. The molecule has 4 rings (SSSR count). The Labute approximate surface area is 195 Å². The van der Waals surface area contributed by atoms with E-state index in [1.54, 1.807) is 4.90 Å². The molecule has 33 heavy (non-hydrogen) atoms. The zero-order valence-electron chi connectivity index (χ0n) is 19.1. The molecule has 7 nitrogen and oxygen atoms in total. The second kappa shape index (κ2) is 10.4. The highest BCUT2D eigenvalue weighted by Gasteiger charge is 2.39. The van der Waals surface area contributed by atoms with Crippen LogP contribution in [-0.4, -0.2) is 58.1 Å². The van der Waals surface area contributed by atoms with Crippen molar-refractivity contribution in [1.29, 1.82) is 0 Å². The van der Waals surface area contributed by atoms with Crippen molar-refractivity contribution in [2.45, 2.75) is 56.2 Å². The maximum atomic E-state index is 15.0. The smallest absolute Gasteiger partial charge is 0.209 e. The summed E-state index contributed by atoms with van der Waals surface area (Å²) in [5, 5.41) is 0. The predicted octanol–water partition coefficient (Wildman–Crippen LogP) is 3.47. The van der Waals surface area contributed by atoms with E-state index < -0.39 is 15.8 Å². The second-order valence-electron chi connectivity index (χ2n) is 8.91. The molecule has 1 aliphatic heterocycles. The van der Waals surface area contributed by atoms with Crippen LogP contribution in [0.5, 0.6) is 5.75 Å². The molecule has 2 aromatic rings. The van der Waals surface area contributed by atoms with E-state index in [4.69, 9.17) is 9.47 Å². The van der Waals surface area contributed by atoms with Crippen LogP contribution in [0, 0.1) is 5.82 Å². The van der Waals surface area contributed by atoms with Gasteiger partial charge < -0.3 is 14.4 Å². The standard InChI is InChI=1S/C24H32FN3O4S/c1-31-22-12-14-26-24(23(22)25)28-15-13-20(27-33(2,29)30)21(28)16-32-19-10-8-18(9-11-19)17-6-4-3-5-7-17/h3-7,12,14,18-21,27H,8-11,13,15-16H2,1-2H3/t18-,19+,20-,21-/m0/s1. The summed E-state index contributed by atoms with van der Waals surface area (Å²) < 4.78 is 52.9. The molecule has 0 spiro atoms. The van der Waals surface area contributed by atoms with Gasteiger partial charge in [0, 0.05) is 24.8 Å². The molecule has 0 unspecified atom stereocenters. The normalized spacial score (nSPS) is 25.8. The highest BCUT2D eigenvalue weighted by Crippen LogP contribution is 2.35. The Hall–Kier alpha value is -2.23. The average Bonchev–Trinajstić information content (AvgIpc) is 3.19. The van der Waals surface area contributed by atoms with Gasteiger partial charge in [0.2, 0.25) is 15.8 Å². The van der Waals surface area contributed by atoms with Crippen LogP contribution >= 0.6 is 0 Å². The number of nitrogens with zero attached hydrogens (tertiary/aromatic N) is 2. The fraction of sp³-hybridized carbons (Fsp3) is 0.542. The lowest BCUT2D eigenvalue weighted by Gasteiger charge is -2.33. The molecule has 2 fully saturated rings. The van der Waals surface area contributed by atoms with Crippen LogP contribution in [0.1, 0.15) is 43.6 Å². The Morgan fingerprint density at radius 1 is 1.12 bits per heavy atom. The van der Waals surface area contributed by atoms with E-state index in [9.17, 15) is 12.8 Å². The molecule has 2 aliphatic rings. The van der Waals surface area contributed by atoms with Crippen molar-refractivity contribution in [3.63, 3.8) is 0 Å². The van der Waals surface area contributed by atoms with Gasteiger partial charge in [-0.25, -0.2) is 18.1 Å². The molecular formula is C24H32FN3O4S. The number of ether oxygens (including phenoxy) is 2. The number of anilines is 1. The van der Waals surface area contributed by atoms with Crippen LogP contribution in [0.4, 0.5) is 10.2 Å². The maximum Gasteiger partial charge on any atom is 0.209 e. The number of hydrogen-bond donors (Lipinski definition) is 1. The van der Waals surface area contributed by atoms with Gasteiger partial charge in [-0.2, -0.15) is 4.39 Å². The summed E-state index contributed by atoms with van der Waals surface area (Å²) in [6, 6.07) is 11.3. The van der Waals surface area contributed by atoms with E-state index in [1.165, 1.54) is 24.9 Å². The van der Waals surface area contributed by atoms with Crippen LogP contribution in [0.3, 0.4) is 0 Å². The number of benzene rings is 1. The van der Waals surface area contributed by atoms with Crippen LogP contribution < -0.4 is 14.4 Å². The van der Waals surface area contributed by atoms with Crippen molar-refractivity contribution in [3.05, 3.63) is 54.0 Å². The van der Waals surface area contributed by atoms with Crippen LogP contribution in [0.2, 0.25) is 0 Å². The summed E-state index contributed by atoms with van der Waals surface area (Å²) in [6.45, 7) is 0.769. The van der Waals surface area contributed by atoms with Gasteiger partial charge in [0.1, 0.15) is 0 Å². The highest BCUT2D eigenvalue weighted by molar-refractivity contribution is 7.88. The molecule has 1 aliphatic carbocycles. The first-order chi connectivity index (χ1) is 15.9. The third-order valence-electron chi connectivity index (χ3n) is 6.69. The monoisotopic (exact) mass is 477 g/mol. The molecule has 1 N–H and O–H groups in total. The maximum absolute atomic E-state index is 15.0. The molecule has 1 saturated heterocycles. The van der Waals surface area contributed by atoms with Gasteiger partial charge in [-0.05, 0) is 43.6 Å². The van der Waals surface area contributed by atoms with Gasteiger partial charge in [0.05, 0.1) is 32.1 Å². The number of aromatic nitrogens is 1. The zero-order valence-corrected chi connectivity index (χ0v) is 19.9. The largest absolute Gasteiger partial charge is 0.493 e. The number of methoxy groups -OCH3 is 1. The first-order valence-corrected chi connectivity index (χ1v) is 13.3. The Bertz CT molecular complexity index is 1030. The molecule has 2 atom stereocenters. The van der Waals surface area contributed by atoms with E-state index in [-0.39, 0.29) is 29.8 Å². The summed E-state index contributed by atoms with van der Waals surface area (Å²) >= 11 is 0. The number of nitrogens with one attached hydrogen (secondary N) is 1. The number of pyridine rings is 1. The fourth-order valence-corrected chi connectivity index (χ4v) is 5.86. The van der Waals surface area contributed by atoms with Gasteiger partial charge in [-0.15, -0.1) is 0 Å². The lowest BCUT2D eigenvalue weighted by Crippen LogP contribution is -2.48. The van der Waals surface area contributed by atoms with Crippen molar-refractivity contribution >= 4 is 15.8 Å². The van der Waals surface area contributed by atoms with E-state index >= 15 is 0 Å². The van der Waals surface area contributed by atoms with Gasteiger partial charge in [0.25, 0.3) is 0 Å².